The van der Waals surface area contributed by atoms with E-state index in [9.17, 15) is 4.39 Å². The van der Waals surface area contributed by atoms with E-state index >= 15 is 0 Å². The molecule has 2 aromatic rings. The molecule has 0 amide bonds. The van der Waals surface area contributed by atoms with Gasteiger partial charge in [0.25, 0.3) is 0 Å². The number of benzene rings is 1. The second-order valence-electron chi connectivity index (χ2n) is 5.71. The monoisotopic (exact) mass is 308 g/mol. The molecule has 1 heterocycles. The van der Waals surface area contributed by atoms with Crippen LogP contribution in [-0.2, 0) is 5.41 Å². The third-order valence-electron chi connectivity index (χ3n) is 2.85. The topological polar surface area (TPSA) is 49.8 Å². The normalized spacial score (nSPS) is 11.3. The second-order valence-corrected chi connectivity index (χ2v) is 6.12. The molecule has 0 saturated carbocycles. The van der Waals surface area contributed by atoms with E-state index in [1.165, 1.54) is 12.1 Å². The van der Waals surface area contributed by atoms with Crippen LogP contribution in [0.4, 0.5) is 21.7 Å². The first-order chi connectivity index (χ1) is 9.79. The maximum Gasteiger partial charge on any atom is 0.138 e. The molecule has 6 heteroatoms. The summed E-state index contributed by atoms with van der Waals surface area (Å²) in [7, 11) is 1.80. The SMILES string of the molecule is CNc1cc(Nc2ccc(F)cc2Cl)nc(C(C)(C)C)n1. The zero-order valence-electron chi connectivity index (χ0n) is 12.5. The van der Waals surface area contributed by atoms with E-state index in [2.05, 4.69) is 20.6 Å². The minimum atomic E-state index is -0.375. The van der Waals surface area contributed by atoms with Crippen molar-refractivity contribution in [3.63, 3.8) is 0 Å². The number of nitrogens with one attached hydrogen (secondary N) is 2. The Bertz CT molecular complexity index is 653. The van der Waals surface area contributed by atoms with Gasteiger partial charge in [0.1, 0.15) is 23.3 Å². The Morgan fingerprint density at radius 2 is 1.76 bits per heavy atom. The molecular formula is C15H18ClFN4. The van der Waals surface area contributed by atoms with Gasteiger partial charge in [0.05, 0.1) is 10.7 Å². The first-order valence-corrected chi connectivity index (χ1v) is 6.97. The van der Waals surface area contributed by atoms with Crippen molar-refractivity contribution >= 4 is 28.9 Å². The molecule has 0 saturated heterocycles. The number of hydrogen-bond acceptors (Lipinski definition) is 4. The molecule has 0 fully saturated rings. The molecule has 1 aromatic carbocycles. The van der Waals surface area contributed by atoms with Crippen LogP contribution in [0.1, 0.15) is 26.6 Å². The Labute approximate surface area is 128 Å². The zero-order chi connectivity index (χ0) is 15.6. The molecule has 1 aromatic heterocycles. The van der Waals surface area contributed by atoms with E-state index in [1.54, 1.807) is 19.2 Å². The molecule has 0 aliphatic heterocycles. The first-order valence-electron chi connectivity index (χ1n) is 6.59. The van der Waals surface area contributed by atoms with E-state index in [1.807, 2.05) is 20.8 Å². The van der Waals surface area contributed by atoms with Crippen molar-refractivity contribution in [1.29, 1.82) is 0 Å². The molecular weight excluding hydrogens is 291 g/mol. The van der Waals surface area contributed by atoms with E-state index in [-0.39, 0.29) is 11.2 Å². The molecule has 2 N–H and O–H groups in total. The van der Waals surface area contributed by atoms with E-state index in [0.717, 1.165) is 0 Å². The minimum absolute atomic E-state index is 0.185. The maximum absolute atomic E-state index is 13.1. The Balaban J connectivity index is 2.39. The second kappa shape index (κ2) is 5.85. The summed E-state index contributed by atoms with van der Waals surface area (Å²) >= 11 is 6.02. The van der Waals surface area contributed by atoms with Crippen molar-refractivity contribution < 1.29 is 4.39 Å². The lowest BCUT2D eigenvalue weighted by molar-refractivity contribution is 0.547. The fourth-order valence-corrected chi connectivity index (χ4v) is 1.92. The number of rotatable bonds is 3. The van der Waals surface area contributed by atoms with Crippen LogP contribution in [0.25, 0.3) is 0 Å². The van der Waals surface area contributed by atoms with Gasteiger partial charge in [-0.05, 0) is 18.2 Å². The Morgan fingerprint density at radius 1 is 1.10 bits per heavy atom. The van der Waals surface area contributed by atoms with Gasteiger partial charge in [-0.3, -0.25) is 0 Å². The summed E-state index contributed by atoms with van der Waals surface area (Å²) in [4.78, 5) is 8.94. The van der Waals surface area contributed by atoms with Crippen molar-refractivity contribution in [2.45, 2.75) is 26.2 Å². The van der Waals surface area contributed by atoms with Gasteiger partial charge >= 0.3 is 0 Å². The quantitative estimate of drug-likeness (QED) is 0.885. The fourth-order valence-electron chi connectivity index (χ4n) is 1.70. The average molecular weight is 309 g/mol. The van der Waals surface area contributed by atoms with E-state index in [0.29, 0.717) is 28.2 Å². The van der Waals surface area contributed by atoms with Gasteiger partial charge in [-0.25, -0.2) is 14.4 Å². The largest absolute Gasteiger partial charge is 0.373 e. The summed E-state index contributed by atoms with van der Waals surface area (Å²) in [6, 6.07) is 5.96. The molecule has 21 heavy (non-hydrogen) atoms. The predicted molar refractivity (Wildman–Crippen MR) is 85.0 cm³/mol. The Kier molecular flexibility index (Phi) is 4.32. The molecule has 112 valence electrons. The number of halogens is 2. The summed E-state index contributed by atoms with van der Waals surface area (Å²) in [5, 5.41) is 6.40. The summed E-state index contributed by atoms with van der Waals surface area (Å²) in [6.07, 6.45) is 0. The van der Waals surface area contributed by atoms with Gasteiger partial charge in [-0.2, -0.15) is 0 Å². The minimum Gasteiger partial charge on any atom is -0.373 e. The van der Waals surface area contributed by atoms with Crippen LogP contribution in [0.15, 0.2) is 24.3 Å². The van der Waals surface area contributed by atoms with Crippen LogP contribution >= 0.6 is 11.6 Å². The van der Waals surface area contributed by atoms with Crippen molar-refractivity contribution in [3.05, 3.63) is 40.9 Å². The molecule has 0 aliphatic rings. The number of anilines is 3. The molecule has 4 nitrogen and oxygen atoms in total. The fraction of sp³-hybridized carbons (Fsp3) is 0.333. The Morgan fingerprint density at radius 3 is 2.33 bits per heavy atom. The van der Waals surface area contributed by atoms with Crippen LogP contribution in [0.5, 0.6) is 0 Å². The van der Waals surface area contributed by atoms with Gasteiger partial charge in [-0.15, -0.1) is 0 Å². The predicted octanol–water partition coefficient (Wildman–Crippen LogP) is 4.35. The highest BCUT2D eigenvalue weighted by atomic mass is 35.5. The van der Waals surface area contributed by atoms with Crippen molar-refractivity contribution in [1.82, 2.24) is 9.97 Å². The lowest BCUT2D eigenvalue weighted by Crippen LogP contribution is -2.17. The van der Waals surface area contributed by atoms with Crippen LogP contribution in [0.3, 0.4) is 0 Å². The lowest BCUT2D eigenvalue weighted by atomic mass is 9.96. The molecule has 0 bridgehead atoms. The van der Waals surface area contributed by atoms with Gasteiger partial charge in [0, 0.05) is 18.5 Å². The molecule has 2 rings (SSSR count). The third-order valence-corrected chi connectivity index (χ3v) is 3.16. The van der Waals surface area contributed by atoms with Crippen LogP contribution < -0.4 is 10.6 Å². The highest BCUT2D eigenvalue weighted by molar-refractivity contribution is 6.33. The highest BCUT2D eigenvalue weighted by Crippen LogP contribution is 2.28. The summed E-state index contributed by atoms with van der Waals surface area (Å²) in [5.74, 6) is 1.64. The van der Waals surface area contributed by atoms with E-state index < -0.39 is 0 Å². The van der Waals surface area contributed by atoms with Crippen LogP contribution in [0.2, 0.25) is 5.02 Å². The third kappa shape index (κ3) is 3.82. The Hall–Kier alpha value is -1.88. The zero-order valence-corrected chi connectivity index (χ0v) is 13.2. The van der Waals surface area contributed by atoms with Crippen molar-refractivity contribution in [2.24, 2.45) is 0 Å². The average Bonchev–Trinajstić information content (AvgIpc) is 2.40. The van der Waals surface area contributed by atoms with Crippen LogP contribution in [0, 0.1) is 5.82 Å². The highest BCUT2D eigenvalue weighted by Gasteiger charge is 2.19. The molecule has 0 aliphatic carbocycles. The number of nitrogens with zero attached hydrogens (tertiary/aromatic N) is 2. The smallest absolute Gasteiger partial charge is 0.138 e. The molecule has 0 unspecified atom stereocenters. The lowest BCUT2D eigenvalue weighted by Gasteiger charge is -2.19. The van der Waals surface area contributed by atoms with Gasteiger partial charge < -0.3 is 10.6 Å². The molecule has 0 radical (unpaired) electrons. The number of aromatic nitrogens is 2. The van der Waals surface area contributed by atoms with Gasteiger partial charge in [0.2, 0.25) is 0 Å². The summed E-state index contributed by atoms with van der Waals surface area (Å²) < 4.78 is 13.1. The summed E-state index contributed by atoms with van der Waals surface area (Å²) in [6.45, 7) is 6.11. The molecule has 0 atom stereocenters. The van der Waals surface area contributed by atoms with Crippen LogP contribution in [-0.4, -0.2) is 17.0 Å². The molecule has 0 spiro atoms. The first kappa shape index (κ1) is 15.5. The van der Waals surface area contributed by atoms with Gasteiger partial charge in [0.15, 0.2) is 0 Å². The number of hydrogen-bond donors (Lipinski definition) is 2. The van der Waals surface area contributed by atoms with Crippen molar-refractivity contribution in [2.75, 3.05) is 17.7 Å². The maximum atomic E-state index is 13.1. The standard InChI is InChI=1S/C15H18ClFN4/c1-15(2,3)14-20-12(18-4)8-13(21-14)19-11-6-5-9(17)7-10(11)16/h5-8H,1-4H3,(H2,18,19,20,21). The van der Waals surface area contributed by atoms with Crippen molar-refractivity contribution in [3.8, 4) is 0 Å². The summed E-state index contributed by atoms with van der Waals surface area (Å²) in [5.41, 5.74) is 0.411. The van der Waals surface area contributed by atoms with E-state index in [4.69, 9.17) is 11.6 Å². The van der Waals surface area contributed by atoms with Gasteiger partial charge in [-0.1, -0.05) is 32.4 Å².